The summed E-state index contributed by atoms with van der Waals surface area (Å²) >= 11 is 0. The van der Waals surface area contributed by atoms with Crippen molar-refractivity contribution in [2.24, 2.45) is 0 Å². The Morgan fingerprint density at radius 3 is 2.48 bits per heavy atom. The molecule has 0 aliphatic rings. The van der Waals surface area contributed by atoms with Crippen molar-refractivity contribution in [2.75, 3.05) is 0 Å². The number of nitrogens with one attached hydrogen (secondary N) is 1. The highest BCUT2D eigenvalue weighted by Gasteiger charge is 2.19. The van der Waals surface area contributed by atoms with Crippen LogP contribution in [0.1, 0.15) is 13.8 Å². The standard InChI is InChI=1S/C24H20N4O2S/c1-15(2)31(29,30)19-8-5-16(6-9-19)22-14-27-24-23(28-22)20(13-26-24)17-7-10-21-18(12-17)4-3-11-25-21/h3-15H,1-2H3,(H,26,27). The molecule has 2 aromatic carbocycles. The van der Waals surface area contributed by atoms with Gasteiger partial charge in [0.1, 0.15) is 5.52 Å². The zero-order valence-corrected chi connectivity index (χ0v) is 17.9. The van der Waals surface area contributed by atoms with E-state index in [0.717, 1.165) is 33.1 Å². The van der Waals surface area contributed by atoms with Crippen LogP contribution >= 0.6 is 0 Å². The molecule has 6 nitrogen and oxygen atoms in total. The molecule has 0 amide bonds. The molecule has 5 rings (SSSR count). The number of hydrogen-bond donors (Lipinski definition) is 1. The first-order valence-electron chi connectivity index (χ1n) is 9.97. The average Bonchev–Trinajstić information content (AvgIpc) is 3.22. The van der Waals surface area contributed by atoms with E-state index in [1.54, 1.807) is 50.5 Å². The normalized spacial score (nSPS) is 12.1. The number of H-pyrrole nitrogens is 1. The van der Waals surface area contributed by atoms with Crippen LogP contribution in [-0.2, 0) is 9.84 Å². The van der Waals surface area contributed by atoms with Gasteiger partial charge in [-0.25, -0.2) is 18.4 Å². The second-order valence-electron chi connectivity index (χ2n) is 7.68. The van der Waals surface area contributed by atoms with Gasteiger partial charge in [0.05, 0.1) is 27.6 Å². The van der Waals surface area contributed by atoms with E-state index in [1.165, 1.54) is 0 Å². The average molecular weight is 429 g/mol. The highest BCUT2D eigenvalue weighted by molar-refractivity contribution is 7.92. The van der Waals surface area contributed by atoms with Crippen LogP contribution in [0.3, 0.4) is 0 Å². The smallest absolute Gasteiger partial charge is 0.180 e. The highest BCUT2D eigenvalue weighted by Crippen LogP contribution is 2.30. The van der Waals surface area contributed by atoms with Crippen molar-refractivity contribution in [1.82, 2.24) is 19.9 Å². The van der Waals surface area contributed by atoms with E-state index >= 15 is 0 Å². The predicted octanol–water partition coefficient (Wildman–Crippen LogP) is 5.02. The lowest BCUT2D eigenvalue weighted by molar-refractivity contribution is 0.587. The van der Waals surface area contributed by atoms with E-state index in [4.69, 9.17) is 4.98 Å². The van der Waals surface area contributed by atoms with Gasteiger partial charge < -0.3 is 4.98 Å². The maximum absolute atomic E-state index is 12.4. The molecule has 5 aromatic rings. The minimum atomic E-state index is -3.31. The lowest BCUT2D eigenvalue weighted by Crippen LogP contribution is -2.13. The summed E-state index contributed by atoms with van der Waals surface area (Å²) in [7, 11) is -3.31. The van der Waals surface area contributed by atoms with Crippen LogP contribution in [0.15, 0.2) is 78.1 Å². The first-order valence-corrected chi connectivity index (χ1v) is 11.5. The first kappa shape index (κ1) is 19.4. The second kappa shape index (κ2) is 7.28. The summed E-state index contributed by atoms with van der Waals surface area (Å²) in [6.45, 7) is 3.36. The van der Waals surface area contributed by atoms with Crippen LogP contribution in [0.25, 0.3) is 44.5 Å². The van der Waals surface area contributed by atoms with Gasteiger partial charge >= 0.3 is 0 Å². The van der Waals surface area contributed by atoms with Gasteiger partial charge in [-0.15, -0.1) is 0 Å². The van der Waals surface area contributed by atoms with Crippen molar-refractivity contribution in [3.05, 3.63) is 73.2 Å². The number of hydrogen-bond acceptors (Lipinski definition) is 5. The Kier molecular flexibility index (Phi) is 4.55. The van der Waals surface area contributed by atoms with Crippen molar-refractivity contribution >= 4 is 31.9 Å². The van der Waals surface area contributed by atoms with E-state index < -0.39 is 15.1 Å². The molecular formula is C24H20N4O2S. The molecule has 3 aromatic heterocycles. The van der Waals surface area contributed by atoms with E-state index in [9.17, 15) is 8.42 Å². The van der Waals surface area contributed by atoms with E-state index in [2.05, 4.69) is 21.0 Å². The molecular weight excluding hydrogens is 408 g/mol. The fourth-order valence-corrected chi connectivity index (χ4v) is 4.64. The molecule has 0 aliphatic carbocycles. The Morgan fingerprint density at radius 1 is 0.935 bits per heavy atom. The molecule has 0 unspecified atom stereocenters. The fourth-order valence-electron chi connectivity index (χ4n) is 3.58. The third-order valence-electron chi connectivity index (χ3n) is 5.39. The number of rotatable bonds is 4. The van der Waals surface area contributed by atoms with Gasteiger partial charge in [-0.2, -0.15) is 0 Å². The molecule has 31 heavy (non-hydrogen) atoms. The number of pyridine rings is 1. The van der Waals surface area contributed by atoms with Crippen molar-refractivity contribution in [2.45, 2.75) is 24.0 Å². The molecule has 0 spiro atoms. The Bertz CT molecular complexity index is 1520. The van der Waals surface area contributed by atoms with Crippen LogP contribution in [0.4, 0.5) is 0 Å². The number of fused-ring (bicyclic) bond motifs is 2. The van der Waals surface area contributed by atoms with E-state index in [1.807, 2.05) is 30.5 Å². The maximum atomic E-state index is 12.4. The molecule has 0 radical (unpaired) electrons. The lowest BCUT2D eigenvalue weighted by Gasteiger charge is -2.08. The summed E-state index contributed by atoms with van der Waals surface area (Å²) in [5.41, 5.74) is 5.87. The number of aromatic nitrogens is 4. The van der Waals surface area contributed by atoms with Crippen LogP contribution in [0, 0.1) is 0 Å². The van der Waals surface area contributed by atoms with Crippen molar-refractivity contribution in [1.29, 1.82) is 0 Å². The summed E-state index contributed by atoms with van der Waals surface area (Å²) in [5.74, 6) is 0. The van der Waals surface area contributed by atoms with E-state index in [0.29, 0.717) is 16.2 Å². The summed E-state index contributed by atoms with van der Waals surface area (Å²) in [6, 6.07) is 16.9. The second-order valence-corrected chi connectivity index (χ2v) is 10.2. The minimum Gasteiger partial charge on any atom is -0.344 e. The molecule has 0 aliphatic heterocycles. The Labute approximate surface area is 179 Å². The highest BCUT2D eigenvalue weighted by atomic mass is 32.2. The van der Waals surface area contributed by atoms with E-state index in [-0.39, 0.29) is 0 Å². The molecule has 0 saturated carbocycles. The van der Waals surface area contributed by atoms with Gasteiger partial charge in [-0.05, 0) is 49.7 Å². The molecule has 0 fully saturated rings. The van der Waals surface area contributed by atoms with Gasteiger partial charge in [-0.3, -0.25) is 4.98 Å². The van der Waals surface area contributed by atoms with Crippen molar-refractivity contribution in [3.8, 4) is 22.4 Å². The van der Waals surface area contributed by atoms with Crippen LogP contribution < -0.4 is 0 Å². The summed E-state index contributed by atoms with van der Waals surface area (Å²) in [6.07, 6.45) is 5.38. The summed E-state index contributed by atoms with van der Waals surface area (Å²) in [5, 5.41) is 0.592. The van der Waals surface area contributed by atoms with Gasteiger partial charge in [0.15, 0.2) is 15.5 Å². The zero-order valence-electron chi connectivity index (χ0n) is 17.1. The maximum Gasteiger partial charge on any atom is 0.180 e. The fraction of sp³-hybridized carbons (Fsp3) is 0.125. The number of sulfone groups is 1. The minimum absolute atomic E-state index is 0.312. The molecule has 154 valence electrons. The van der Waals surface area contributed by atoms with Crippen molar-refractivity contribution in [3.63, 3.8) is 0 Å². The lowest BCUT2D eigenvalue weighted by atomic mass is 10.1. The molecule has 7 heteroatoms. The summed E-state index contributed by atoms with van der Waals surface area (Å²) in [4.78, 5) is 17.2. The third kappa shape index (κ3) is 3.37. The number of nitrogens with zero attached hydrogens (tertiary/aromatic N) is 3. The number of aromatic amines is 1. The molecule has 0 atom stereocenters. The van der Waals surface area contributed by atoms with Gasteiger partial charge in [-0.1, -0.05) is 24.3 Å². The molecule has 0 bridgehead atoms. The third-order valence-corrected chi connectivity index (χ3v) is 7.56. The van der Waals surface area contributed by atoms with Crippen molar-refractivity contribution < 1.29 is 8.42 Å². The monoisotopic (exact) mass is 428 g/mol. The quantitative estimate of drug-likeness (QED) is 0.434. The molecule has 0 saturated heterocycles. The largest absolute Gasteiger partial charge is 0.344 e. The van der Waals surface area contributed by atoms with Crippen LogP contribution in [-0.4, -0.2) is 33.6 Å². The zero-order chi connectivity index (χ0) is 21.6. The Balaban J connectivity index is 1.57. The number of benzene rings is 2. The van der Waals surface area contributed by atoms with Gasteiger partial charge in [0.2, 0.25) is 0 Å². The predicted molar refractivity (Wildman–Crippen MR) is 122 cm³/mol. The Hall–Kier alpha value is -3.58. The molecule has 3 heterocycles. The molecule has 1 N–H and O–H groups in total. The van der Waals surface area contributed by atoms with Crippen LogP contribution in [0.5, 0.6) is 0 Å². The Morgan fingerprint density at radius 2 is 1.71 bits per heavy atom. The first-order chi connectivity index (χ1) is 14.9. The SMILES string of the molecule is CC(C)S(=O)(=O)c1ccc(-c2cnc3[nH]cc(-c4ccc5ncccc5c4)c3n2)cc1. The van der Waals surface area contributed by atoms with Gasteiger partial charge in [0.25, 0.3) is 0 Å². The topological polar surface area (TPSA) is 88.6 Å². The van der Waals surface area contributed by atoms with Gasteiger partial charge in [0, 0.05) is 28.9 Å². The summed E-state index contributed by atoms with van der Waals surface area (Å²) < 4.78 is 24.8. The van der Waals surface area contributed by atoms with Crippen LogP contribution in [0.2, 0.25) is 0 Å².